The SMILES string of the molecule is CCCCOC[C@@H]1CCC(c2cnc(C(=NC(=N)S(C)(=O)=O)OCC)[nH]2)O1. The van der Waals surface area contributed by atoms with E-state index in [4.69, 9.17) is 19.6 Å². The van der Waals surface area contributed by atoms with Crippen LogP contribution < -0.4 is 0 Å². The van der Waals surface area contributed by atoms with Gasteiger partial charge >= 0.3 is 0 Å². The lowest BCUT2D eigenvalue weighted by Gasteiger charge is -2.13. The minimum atomic E-state index is -3.72. The van der Waals surface area contributed by atoms with Crippen LogP contribution in [0.1, 0.15) is 57.2 Å². The van der Waals surface area contributed by atoms with E-state index in [0.717, 1.165) is 44.2 Å². The van der Waals surface area contributed by atoms with Crippen molar-refractivity contribution in [1.29, 1.82) is 5.41 Å². The highest BCUT2D eigenvalue weighted by Gasteiger charge is 2.28. The largest absolute Gasteiger partial charge is 0.475 e. The van der Waals surface area contributed by atoms with Crippen LogP contribution in [-0.2, 0) is 24.0 Å². The average Bonchev–Trinajstić information content (AvgIpc) is 3.26. The van der Waals surface area contributed by atoms with E-state index in [0.29, 0.717) is 6.61 Å². The first-order valence-corrected chi connectivity index (χ1v) is 11.0. The summed E-state index contributed by atoms with van der Waals surface area (Å²) in [5, 5.41) is 6.78. The first-order valence-electron chi connectivity index (χ1n) is 9.13. The van der Waals surface area contributed by atoms with Crippen LogP contribution in [0, 0.1) is 5.41 Å². The van der Waals surface area contributed by atoms with Crippen LogP contribution in [0.2, 0.25) is 0 Å². The number of aliphatic imine (C=N–C) groups is 1. The predicted molar refractivity (Wildman–Crippen MR) is 102 cm³/mol. The van der Waals surface area contributed by atoms with E-state index in [-0.39, 0.29) is 30.5 Å². The molecular formula is C17H28N4O5S. The molecule has 1 fully saturated rings. The molecule has 1 aromatic heterocycles. The third-order valence-corrected chi connectivity index (χ3v) is 4.83. The maximum absolute atomic E-state index is 11.4. The molecule has 0 radical (unpaired) electrons. The second-order valence-corrected chi connectivity index (χ2v) is 8.30. The number of aromatic amines is 1. The molecule has 1 saturated heterocycles. The summed E-state index contributed by atoms with van der Waals surface area (Å²) in [5.41, 5.74) is 0.763. The Bertz CT molecular complexity index is 759. The van der Waals surface area contributed by atoms with Crippen LogP contribution in [0.15, 0.2) is 11.2 Å². The number of nitrogens with zero attached hydrogens (tertiary/aromatic N) is 2. The Balaban J connectivity index is 2.02. The second-order valence-electron chi connectivity index (χ2n) is 6.37. The minimum Gasteiger partial charge on any atom is -0.475 e. The highest BCUT2D eigenvalue weighted by Crippen LogP contribution is 2.31. The fraction of sp³-hybridized carbons (Fsp3) is 0.706. The number of ether oxygens (including phenoxy) is 3. The van der Waals surface area contributed by atoms with Crippen molar-refractivity contribution in [3.05, 3.63) is 17.7 Å². The molecule has 2 rings (SSSR count). The summed E-state index contributed by atoms with van der Waals surface area (Å²) in [7, 11) is -3.72. The zero-order valence-corrected chi connectivity index (χ0v) is 16.8. The lowest BCUT2D eigenvalue weighted by Crippen LogP contribution is -2.16. The molecule has 2 heterocycles. The number of H-pyrrole nitrogens is 1. The molecule has 10 heteroatoms. The fourth-order valence-corrected chi connectivity index (χ4v) is 2.84. The number of sulfone groups is 1. The third-order valence-electron chi connectivity index (χ3n) is 4.03. The molecule has 0 saturated carbocycles. The summed E-state index contributed by atoms with van der Waals surface area (Å²) in [5.74, 6) is 0.239. The maximum Gasteiger partial charge on any atom is 0.260 e. The molecule has 0 spiro atoms. The zero-order valence-electron chi connectivity index (χ0n) is 16.0. The summed E-state index contributed by atoms with van der Waals surface area (Å²) in [6.45, 7) is 5.46. The standard InChI is InChI=1S/C17H28N4O5S/c1-4-6-9-24-11-12-7-8-14(26-12)13-10-19-15(20-13)16(25-5-2)21-17(18)27(3,22)23/h10,12,14,18H,4-9,11H2,1-3H3,(H,19,20)/t12-,14?/m0/s1. The van der Waals surface area contributed by atoms with Crippen molar-refractivity contribution >= 4 is 20.9 Å². The first-order chi connectivity index (χ1) is 12.8. The number of aromatic nitrogens is 2. The molecule has 1 unspecified atom stereocenters. The molecule has 0 aliphatic carbocycles. The van der Waals surface area contributed by atoms with Gasteiger partial charge in [0.15, 0.2) is 5.82 Å². The number of hydrogen-bond acceptors (Lipinski definition) is 7. The Morgan fingerprint density at radius 2 is 2.22 bits per heavy atom. The Hall–Kier alpha value is -1.78. The molecule has 2 N–H and O–H groups in total. The lowest BCUT2D eigenvalue weighted by molar-refractivity contribution is -0.0173. The minimum absolute atomic E-state index is 0.0309. The van der Waals surface area contributed by atoms with E-state index in [1.807, 2.05) is 0 Å². The van der Waals surface area contributed by atoms with E-state index >= 15 is 0 Å². The number of rotatable bonds is 8. The van der Waals surface area contributed by atoms with Gasteiger partial charge in [0, 0.05) is 12.9 Å². The first kappa shape index (κ1) is 21.5. The molecule has 1 aliphatic rings. The molecule has 1 aliphatic heterocycles. The average molecular weight is 401 g/mol. The van der Waals surface area contributed by atoms with Crippen LogP contribution in [0.5, 0.6) is 0 Å². The Kier molecular flexibility index (Phi) is 7.93. The van der Waals surface area contributed by atoms with Gasteiger partial charge in [0.25, 0.3) is 5.90 Å². The van der Waals surface area contributed by atoms with E-state index in [1.165, 1.54) is 0 Å². The highest BCUT2D eigenvalue weighted by atomic mass is 32.2. The van der Waals surface area contributed by atoms with Crippen molar-refractivity contribution in [3.8, 4) is 0 Å². The van der Waals surface area contributed by atoms with Gasteiger partial charge < -0.3 is 19.2 Å². The number of unbranched alkanes of at least 4 members (excludes halogenated alkanes) is 1. The van der Waals surface area contributed by atoms with Gasteiger partial charge in [0.2, 0.25) is 15.0 Å². The summed E-state index contributed by atoms with van der Waals surface area (Å²) in [4.78, 5) is 11.0. The van der Waals surface area contributed by atoms with Gasteiger partial charge in [-0.2, -0.15) is 4.99 Å². The third kappa shape index (κ3) is 6.40. The summed E-state index contributed by atoms with van der Waals surface area (Å²) in [6, 6.07) is 0. The van der Waals surface area contributed by atoms with Crippen LogP contribution in [0.25, 0.3) is 0 Å². The molecular weight excluding hydrogens is 372 g/mol. The molecule has 2 atom stereocenters. The number of imidazole rings is 1. The van der Waals surface area contributed by atoms with Crippen LogP contribution in [0.3, 0.4) is 0 Å². The van der Waals surface area contributed by atoms with Gasteiger partial charge in [-0.15, -0.1) is 0 Å². The number of nitrogens with one attached hydrogen (secondary N) is 2. The van der Waals surface area contributed by atoms with Crippen molar-refractivity contribution in [2.24, 2.45) is 4.99 Å². The predicted octanol–water partition coefficient (Wildman–Crippen LogP) is 2.21. The molecule has 0 bridgehead atoms. The smallest absolute Gasteiger partial charge is 0.260 e. The van der Waals surface area contributed by atoms with Gasteiger partial charge in [-0.05, 0) is 26.2 Å². The van der Waals surface area contributed by atoms with Crippen molar-refractivity contribution in [1.82, 2.24) is 9.97 Å². The van der Waals surface area contributed by atoms with Crippen LogP contribution >= 0.6 is 0 Å². The maximum atomic E-state index is 11.4. The lowest BCUT2D eigenvalue weighted by atomic mass is 10.1. The molecule has 0 amide bonds. The fourth-order valence-electron chi connectivity index (χ4n) is 2.59. The van der Waals surface area contributed by atoms with Crippen molar-refractivity contribution in [3.63, 3.8) is 0 Å². The van der Waals surface area contributed by atoms with E-state index in [2.05, 4.69) is 21.9 Å². The topological polar surface area (TPSA) is 127 Å². The van der Waals surface area contributed by atoms with E-state index in [9.17, 15) is 8.42 Å². The van der Waals surface area contributed by atoms with Gasteiger partial charge in [0.05, 0.1) is 37.3 Å². The van der Waals surface area contributed by atoms with Gasteiger partial charge in [-0.1, -0.05) is 13.3 Å². The second kappa shape index (κ2) is 9.95. The van der Waals surface area contributed by atoms with Crippen molar-refractivity contribution in [2.75, 3.05) is 26.1 Å². The van der Waals surface area contributed by atoms with Gasteiger partial charge in [-0.25, -0.2) is 13.4 Å². The molecule has 0 aromatic carbocycles. The number of hydrogen-bond donors (Lipinski definition) is 2. The summed E-state index contributed by atoms with van der Waals surface area (Å²) >= 11 is 0. The van der Waals surface area contributed by atoms with E-state index in [1.54, 1.807) is 13.1 Å². The Morgan fingerprint density at radius 3 is 2.89 bits per heavy atom. The normalized spacial score (nSPS) is 20.8. The highest BCUT2D eigenvalue weighted by molar-refractivity contribution is 8.05. The van der Waals surface area contributed by atoms with Crippen molar-refractivity contribution < 1.29 is 22.6 Å². The quantitative estimate of drug-likeness (QED) is 0.391. The number of amidine groups is 1. The van der Waals surface area contributed by atoms with E-state index < -0.39 is 15.0 Å². The molecule has 152 valence electrons. The molecule has 27 heavy (non-hydrogen) atoms. The summed E-state index contributed by atoms with van der Waals surface area (Å²) in [6.07, 6.45) is 6.35. The monoisotopic (exact) mass is 400 g/mol. The van der Waals surface area contributed by atoms with Crippen molar-refractivity contribution in [2.45, 2.75) is 51.7 Å². The molecule has 1 aromatic rings. The van der Waals surface area contributed by atoms with Gasteiger partial charge in [0.1, 0.15) is 0 Å². The van der Waals surface area contributed by atoms with Crippen LogP contribution in [0.4, 0.5) is 0 Å². The van der Waals surface area contributed by atoms with Crippen LogP contribution in [-0.4, -0.2) is 61.6 Å². The Morgan fingerprint density at radius 1 is 1.44 bits per heavy atom. The van der Waals surface area contributed by atoms with Gasteiger partial charge in [-0.3, -0.25) is 5.41 Å². The summed E-state index contributed by atoms with van der Waals surface area (Å²) < 4.78 is 39.8. The molecule has 9 nitrogen and oxygen atoms in total. The Labute approximate surface area is 160 Å². The zero-order chi connectivity index (χ0) is 19.9.